The fraction of sp³-hybridized carbons (Fsp3) is 0. The number of fused-ring (bicyclic) bond motifs is 9. The van der Waals surface area contributed by atoms with E-state index in [1.54, 1.807) is 0 Å². The van der Waals surface area contributed by atoms with E-state index in [0.717, 1.165) is 44.5 Å². The summed E-state index contributed by atoms with van der Waals surface area (Å²) >= 11 is 1.85. The van der Waals surface area contributed by atoms with Crippen molar-refractivity contribution >= 4 is 75.0 Å². The molecule has 0 fully saturated rings. The van der Waals surface area contributed by atoms with Crippen LogP contribution in [0.25, 0.3) is 92.0 Å². The summed E-state index contributed by atoms with van der Waals surface area (Å²) in [5.74, 6) is 1.61. The summed E-state index contributed by atoms with van der Waals surface area (Å²) in [5, 5.41) is 8.37. The third kappa shape index (κ3) is 3.71. The van der Waals surface area contributed by atoms with Crippen LogP contribution in [-0.2, 0) is 0 Å². The van der Waals surface area contributed by atoms with Crippen molar-refractivity contribution in [3.05, 3.63) is 152 Å². The number of hydrogen-bond acceptors (Lipinski definition) is 3. The van der Waals surface area contributed by atoms with Gasteiger partial charge in [0, 0.05) is 47.3 Å². The molecule has 10 rings (SSSR count). The lowest BCUT2D eigenvalue weighted by molar-refractivity contribution is 1.08. The van der Waals surface area contributed by atoms with Gasteiger partial charge in [0.2, 0.25) is 0 Å². The minimum atomic E-state index is 0.717. The molecule has 4 heteroatoms. The first-order valence-corrected chi connectivity index (χ1v) is 16.3. The lowest BCUT2D eigenvalue weighted by Gasteiger charge is -2.15. The van der Waals surface area contributed by atoms with Crippen molar-refractivity contribution in [3.8, 4) is 28.3 Å². The van der Waals surface area contributed by atoms with Gasteiger partial charge in [-0.2, -0.15) is 0 Å². The van der Waals surface area contributed by atoms with E-state index in [1.807, 2.05) is 17.4 Å². The zero-order valence-electron chi connectivity index (χ0n) is 24.7. The highest BCUT2D eigenvalue weighted by Crippen LogP contribution is 2.42. The van der Waals surface area contributed by atoms with Gasteiger partial charge in [-0.1, -0.05) is 121 Å². The molecule has 0 unspecified atom stereocenters. The molecule has 0 atom stereocenters. The van der Waals surface area contributed by atoms with E-state index in [4.69, 9.17) is 9.97 Å². The summed E-state index contributed by atoms with van der Waals surface area (Å²) < 4.78 is 4.94. The summed E-state index contributed by atoms with van der Waals surface area (Å²) in [6.07, 6.45) is 0. The number of rotatable bonds is 3. The van der Waals surface area contributed by atoms with Crippen LogP contribution >= 0.6 is 11.3 Å². The van der Waals surface area contributed by atoms with Gasteiger partial charge in [0.1, 0.15) is 5.82 Å². The summed E-state index contributed by atoms with van der Waals surface area (Å²) in [6, 6.07) is 54.1. The van der Waals surface area contributed by atoms with Gasteiger partial charge in [0.25, 0.3) is 0 Å². The van der Waals surface area contributed by atoms with Crippen molar-refractivity contribution in [2.75, 3.05) is 0 Å². The summed E-state index contributed by atoms with van der Waals surface area (Å²) in [4.78, 5) is 10.7. The Balaban J connectivity index is 1.35. The predicted octanol–water partition coefficient (Wildman–Crippen LogP) is 11.6. The molecule has 0 bridgehead atoms. The molecule has 7 aromatic carbocycles. The van der Waals surface area contributed by atoms with Crippen LogP contribution in [-0.4, -0.2) is 14.5 Å². The summed E-state index contributed by atoms with van der Waals surface area (Å²) in [5.41, 5.74) is 6.63. The molecule has 0 spiro atoms. The molecule has 46 heavy (non-hydrogen) atoms. The van der Waals surface area contributed by atoms with Crippen molar-refractivity contribution in [2.45, 2.75) is 0 Å². The van der Waals surface area contributed by atoms with Gasteiger partial charge in [-0.3, -0.25) is 4.57 Å². The zero-order valence-corrected chi connectivity index (χ0v) is 25.5. The van der Waals surface area contributed by atoms with E-state index in [1.165, 1.54) is 47.5 Å². The van der Waals surface area contributed by atoms with Crippen molar-refractivity contribution in [1.29, 1.82) is 0 Å². The lowest BCUT2D eigenvalue weighted by atomic mass is 9.96. The summed E-state index contributed by atoms with van der Waals surface area (Å²) in [7, 11) is 0. The maximum Gasteiger partial charge on any atom is 0.162 e. The third-order valence-electron chi connectivity index (χ3n) is 9.20. The van der Waals surface area contributed by atoms with E-state index in [2.05, 4.69) is 150 Å². The van der Waals surface area contributed by atoms with Crippen LogP contribution in [0.5, 0.6) is 0 Å². The zero-order chi connectivity index (χ0) is 30.2. The van der Waals surface area contributed by atoms with E-state index in [9.17, 15) is 0 Å². The minimum absolute atomic E-state index is 0.717. The van der Waals surface area contributed by atoms with Crippen LogP contribution < -0.4 is 0 Å². The molecule has 0 saturated carbocycles. The molecule has 0 amide bonds. The molecule has 3 heterocycles. The van der Waals surface area contributed by atoms with E-state index in [0.29, 0.717) is 0 Å². The third-order valence-corrected chi connectivity index (χ3v) is 10.3. The lowest BCUT2D eigenvalue weighted by Crippen LogP contribution is -2.03. The van der Waals surface area contributed by atoms with Gasteiger partial charge in [0.15, 0.2) is 5.82 Å². The molecular weight excluding hydrogens is 579 g/mol. The highest BCUT2D eigenvalue weighted by atomic mass is 32.1. The monoisotopic (exact) mass is 603 g/mol. The average molecular weight is 604 g/mol. The fourth-order valence-corrected chi connectivity index (χ4v) is 8.23. The summed E-state index contributed by atoms with van der Waals surface area (Å²) in [6.45, 7) is 0. The first-order valence-electron chi connectivity index (χ1n) is 15.5. The molecular formula is C42H25N3S. The maximum absolute atomic E-state index is 5.38. The minimum Gasteiger partial charge on any atom is -0.293 e. The second kappa shape index (κ2) is 9.83. The van der Waals surface area contributed by atoms with Gasteiger partial charge >= 0.3 is 0 Å². The van der Waals surface area contributed by atoms with Crippen molar-refractivity contribution in [1.82, 2.24) is 14.5 Å². The van der Waals surface area contributed by atoms with E-state index in [-0.39, 0.29) is 0 Å². The van der Waals surface area contributed by atoms with E-state index >= 15 is 0 Å². The van der Waals surface area contributed by atoms with Crippen LogP contribution in [0.15, 0.2) is 152 Å². The predicted molar refractivity (Wildman–Crippen MR) is 195 cm³/mol. The topological polar surface area (TPSA) is 30.7 Å². The highest BCUT2D eigenvalue weighted by Gasteiger charge is 2.20. The Bertz CT molecular complexity index is 2790. The second-order valence-electron chi connectivity index (χ2n) is 11.8. The van der Waals surface area contributed by atoms with Crippen LogP contribution in [0.1, 0.15) is 0 Å². The van der Waals surface area contributed by atoms with E-state index < -0.39 is 0 Å². The SMILES string of the molecule is c1ccc(-c2nc(-n3c4ccccc4c4cc5c(cc43)sc3ccccc35)c3ccc4c(-c5ccccc5)cccc4c3n2)cc1. The highest BCUT2D eigenvalue weighted by molar-refractivity contribution is 7.25. The standard InChI is InChI=1S/C42H25N3S/c1-3-12-26(13-4-1)28-18-11-19-32-29(28)22-23-33-40(32)43-41(27-14-5-2-6-15-27)44-42(33)45-36-20-9-7-16-30(36)34-24-35-31-17-8-10-21-38(31)46-39(35)25-37(34)45/h1-25H. The number of benzene rings is 7. The van der Waals surface area contributed by atoms with Gasteiger partial charge in [0.05, 0.1) is 16.6 Å². The largest absolute Gasteiger partial charge is 0.293 e. The Kier molecular flexibility index (Phi) is 5.45. The first kappa shape index (κ1) is 25.5. The van der Waals surface area contributed by atoms with Crippen molar-refractivity contribution in [3.63, 3.8) is 0 Å². The Morgan fingerprint density at radius 2 is 1.11 bits per heavy atom. The molecule has 214 valence electrons. The second-order valence-corrected chi connectivity index (χ2v) is 12.9. The Labute approximate surface area is 268 Å². The Morgan fingerprint density at radius 1 is 0.413 bits per heavy atom. The molecule has 0 N–H and O–H groups in total. The van der Waals surface area contributed by atoms with Gasteiger partial charge in [-0.15, -0.1) is 11.3 Å². The number of nitrogens with zero attached hydrogens (tertiary/aromatic N) is 3. The van der Waals surface area contributed by atoms with Crippen LogP contribution in [0, 0.1) is 0 Å². The molecule has 0 saturated heterocycles. The van der Waals surface area contributed by atoms with Gasteiger partial charge in [-0.05, 0) is 46.8 Å². The average Bonchev–Trinajstić information content (AvgIpc) is 3.65. The van der Waals surface area contributed by atoms with Crippen molar-refractivity contribution in [2.24, 2.45) is 0 Å². The quantitative estimate of drug-likeness (QED) is 0.188. The molecule has 0 aliphatic rings. The molecule has 0 aliphatic carbocycles. The Morgan fingerprint density at radius 3 is 1.96 bits per heavy atom. The molecule has 0 aliphatic heterocycles. The maximum atomic E-state index is 5.38. The van der Waals surface area contributed by atoms with Crippen LogP contribution in [0.2, 0.25) is 0 Å². The molecule has 3 nitrogen and oxygen atoms in total. The van der Waals surface area contributed by atoms with Crippen LogP contribution in [0.4, 0.5) is 0 Å². The number of para-hydroxylation sites is 1. The molecule has 3 aromatic heterocycles. The number of aromatic nitrogens is 3. The van der Waals surface area contributed by atoms with Crippen LogP contribution in [0.3, 0.4) is 0 Å². The van der Waals surface area contributed by atoms with Crippen molar-refractivity contribution < 1.29 is 0 Å². The number of hydrogen-bond donors (Lipinski definition) is 0. The molecule has 0 radical (unpaired) electrons. The van der Waals surface area contributed by atoms with Gasteiger partial charge in [-0.25, -0.2) is 9.97 Å². The normalized spacial score (nSPS) is 11.9. The Hall–Kier alpha value is -5.84. The van der Waals surface area contributed by atoms with Gasteiger partial charge < -0.3 is 0 Å². The molecule has 10 aromatic rings. The smallest absolute Gasteiger partial charge is 0.162 e. The first-order chi connectivity index (χ1) is 22.8. The number of thiophene rings is 1. The fourth-order valence-electron chi connectivity index (χ4n) is 7.11.